The Hall–Kier alpha value is -0.270. The van der Waals surface area contributed by atoms with Gasteiger partial charge < -0.3 is 25.6 Å². The molecular formula is C23H48Cl2N2O4. The van der Waals surface area contributed by atoms with Crippen LogP contribution in [-0.2, 0) is 9.47 Å². The maximum absolute atomic E-state index is 12.3. The van der Waals surface area contributed by atoms with Crippen molar-refractivity contribution in [2.75, 3.05) is 26.3 Å². The van der Waals surface area contributed by atoms with E-state index in [0.717, 1.165) is 25.9 Å². The Balaban J connectivity index is 0. The predicted molar refractivity (Wildman–Crippen MR) is 133 cm³/mol. The van der Waals surface area contributed by atoms with E-state index in [4.69, 9.17) is 9.47 Å². The van der Waals surface area contributed by atoms with Crippen molar-refractivity contribution in [3.63, 3.8) is 0 Å². The minimum absolute atomic E-state index is 0. The van der Waals surface area contributed by atoms with Crippen LogP contribution in [0.2, 0.25) is 0 Å². The van der Waals surface area contributed by atoms with Gasteiger partial charge in [-0.1, -0.05) is 52.4 Å². The molecule has 31 heavy (non-hydrogen) atoms. The minimum atomic E-state index is -0.477. The summed E-state index contributed by atoms with van der Waals surface area (Å²) in [5.74, 6) is 0.812. The fourth-order valence-electron chi connectivity index (χ4n) is 4.69. The van der Waals surface area contributed by atoms with Gasteiger partial charge in [-0.3, -0.25) is 0 Å². The molecule has 2 fully saturated rings. The van der Waals surface area contributed by atoms with Crippen LogP contribution in [0.3, 0.4) is 0 Å². The second-order valence-electron chi connectivity index (χ2n) is 8.79. The highest BCUT2D eigenvalue weighted by Crippen LogP contribution is 2.23. The van der Waals surface area contributed by atoms with Gasteiger partial charge in [0.05, 0.1) is 13.2 Å². The summed E-state index contributed by atoms with van der Waals surface area (Å²) in [5, 5.41) is 7.26. The summed E-state index contributed by atoms with van der Waals surface area (Å²) in [7, 11) is 0. The Morgan fingerprint density at radius 1 is 0.806 bits per heavy atom. The first-order valence-corrected chi connectivity index (χ1v) is 12.0. The Labute approximate surface area is 202 Å². The summed E-state index contributed by atoms with van der Waals surface area (Å²) in [4.78, 5) is 12.3. The largest absolute Gasteiger partial charge is 0.508 e. The lowest BCUT2D eigenvalue weighted by molar-refractivity contribution is 0.0217. The molecule has 0 aromatic carbocycles. The van der Waals surface area contributed by atoms with Crippen LogP contribution in [0.15, 0.2) is 0 Å². The highest BCUT2D eigenvalue weighted by atomic mass is 35.5. The Bertz CT molecular complexity index is 384. The van der Waals surface area contributed by atoms with Crippen molar-refractivity contribution in [1.82, 2.24) is 10.6 Å². The third kappa shape index (κ3) is 13.1. The second kappa shape index (κ2) is 20.3. The van der Waals surface area contributed by atoms with Crippen molar-refractivity contribution in [3.8, 4) is 0 Å². The number of rotatable bonds is 12. The highest BCUT2D eigenvalue weighted by molar-refractivity contribution is 5.85. The minimum Gasteiger partial charge on any atom is -0.434 e. The molecule has 6 nitrogen and oxygen atoms in total. The van der Waals surface area contributed by atoms with Gasteiger partial charge in [-0.2, -0.15) is 0 Å². The molecule has 4 N–H and O–H groups in total. The first kappa shape index (κ1) is 32.9. The van der Waals surface area contributed by atoms with E-state index in [1.54, 1.807) is 0 Å². The number of carbonyl (C=O) groups excluding carboxylic acids is 1. The van der Waals surface area contributed by atoms with Crippen LogP contribution >= 0.6 is 24.8 Å². The monoisotopic (exact) mass is 486 g/mol. The smallest absolute Gasteiger partial charge is 0.434 e. The van der Waals surface area contributed by atoms with Crippen molar-refractivity contribution < 1.29 is 19.7 Å². The lowest BCUT2D eigenvalue weighted by Crippen LogP contribution is -2.43. The topological polar surface area (TPSA) is 91.1 Å². The van der Waals surface area contributed by atoms with Crippen molar-refractivity contribution in [2.24, 2.45) is 11.8 Å². The molecule has 0 saturated carbocycles. The fraction of sp³-hybridized carbons (Fsp3) is 0.957. The quantitative estimate of drug-likeness (QED) is 0.376. The van der Waals surface area contributed by atoms with Crippen molar-refractivity contribution in [1.29, 1.82) is 0 Å². The van der Waals surface area contributed by atoms with Crippen LogP contribution < -0.4 is 10.6 Å². The number of unbranched alkanes of at least 4 members (excludes halogenated alkanes) is 2. The lowest BCUT2D eigenvalue weighted by atomic mass is 9.89. The average Bonchev–Trinajstić information content (AvgIpc) is 2.75. The average molecular weight is 488 g/mol. The molecule has 0 amide bonds. The number of nitrogens with one attached hydrogen (secondary N) is 2. The van der Waals surface area contributed by atoms with Crippen LogP contribution in [0.25, 0.3) is 0 Å². The third-order valence-electron chi connectivity index (χ3n) is 6.52. The number of ether oxygens (including phenoxy) is 2. The molecule has 0 radical (unpaired) electrons. The van der Waals surface area contributed by atoms with E-state index >= 15 is 0 Å². The number of carbonyl (C=O) groups is 1. The van der Waals surface area contributed by atoms with Crippen molar-refractivity contribution in [2.45, 2.75) is 103 Å². The van der Waals surface area contributed by atoms with Crippen LogP contribution in [0.4, 0.5) is 4.79 Å². The van der Waals surface area contributed by atoms with Crippen LogP contribution in [-0.4, -0.2) is 50.0 Å². The van der Waals surface area contributed by atoms with E-state index in [1.165, 1.54) is 64.2 Å². The van der Waals surface area contributed by atoms with Crippen LogP contribution in [0.1, 0.15) is 90.9 Å². The Morgan fingerprint density at radius 3 is 1.55 bits per heavy atom. The van der Waals surface area contributed by atoms with E-state index in [9.17, 15) is 4.79 Å². The van der Waals surface area contributed by atoms with Crippen molar-refractivity contribution in [3.05, 3.63) is 0 Å². The number of halogens is 2. The van der Waals surface area contributed by atoms with Gasteiger partial charge in [-0.05, 0) is 51.6 Å². The van der Waals surface area contributed by atoms with Gasteiger partial charge >= 0.3 is 6.16 Å². The van der Waals surface area contributed by atoms with E-state index in [0.29, 0.717) is 37.1 Å². The molecule has 2 aliphatic heterocycles. The molecule has 8 heteroatoms. The van der Waals surface area contributed by atoms with Gasteiger partial charge in [0, 0.05) is 23.9 Å². The summed E-state index contributed by atoms with van der Waals surface area (Å²) in [6.45, 7) is 7.58. The molecule has 2 heterocycles. The third-order valence-corrected chi connectivity index (χ3v) is 6.52. The van der Waals surface area contributed by atoms with Gasteiger partial charge in [0.25, 0.3) is 0 Å². The normalized spacial score (nSPS) is 22.6. The van der Waals surface area contributed by atoms with Gasteiger partial charge in [0.1, 0.15) is 0 Å². The molecule has 4 unspecified atom stereocenters. The second-order valence-corrected chi connectivity index (χ2v) is 8.79. The molecule has 188 valence electrons. The summed E-state index contributed by atoms with van der Waals surface area (Å²) in [5.41, 5.74) is 0. The molecule has 0 aliphatic carbocycles. The highest BCUT2D eigenvalue weighted by Gasteiger charge is 2.26. The standard InChI is InChI=1S/C23H44N2O3.2ClH.H2O/c1-3-5-11-19(21-13-7-9-15-24-21)17-27-23(26)28-18-20(12-6-4-2)22-14-8-10-16-25-22;;;/h19-22,24-25H,3-18H2,1-2H3;2*1H;1H2. The number of hydrogen-bond acceptors (Lipinski definition) is 5. The zero-order chi connectivity index (χ0) is 20.0. The molecule has 2 aliphatic rings. The summed E-state index contributed by atoms with van der Waals surface area (Å²) < 4.78 is 11.2. The Kier molecular flexibility index (Phi) is 21.6. The van der Waals surface area contributed by atoms with Gasteiger partial charge in [-0.15, -0.1) is 24.8 Å². The number of hydrogen-bond donors (Lipinski definition) is 2. The fourth-order valence-corrected chi connectivity index (χ4v) is 4.69. The zero-order valence-corrected chi connectivity index (χ0v) is 21.3. The Morgan fingerprint density at radius 2 is 1.23 bits per heavy atom. The lowest BCUT2D eigenvalue weighted by Gasteiger charge is -2.32. The summed E-state index contributed by atoms with van der Waals surface area (Å²) in [6, 6.07) is 0.966. The summed E-state index contributed by atoms with van der Waals surface area (Å²) in [6.07, 6.45) is 14.0. The maximum atomic E-state index is 12.3. The van der Waals surface area contributed by atoms with Gasteiger partial charge in [0.15, 0.2) is 0 Å². The van der Waals surface area contributed by atoms with E-state index in [-0.39, 0.29) is 30.3 Å². The predicted octanol–water partition coefficient (Wildman–Crippen LogP) is 5.06. The van der Waals surface area contributed by atoms with Gasteiger partial charge in [0.2, 0.25) is 0 Å². The van der Waals surface area contributed by atoms with Crippen molar-refractivity contribution >= 4 is 31.0 Å². The molecule has 0 aromatic heterocycles. The maximum Gasteiger partial charge on any atom is 0.508 e. The molecule has 0 bridgehead atoms. The molecule has 0 aromatic rings. The van der Waals surface area contributed by atoms with E-state index in [1.807, 2.05) is 0 Å². The summed E-state index contributed by atoms with van der Waals surface area (Å²) >= 11 is 0. The molecule has 0 spiro atoms. The van der Waals surface area contributed by atoms with Crippen LogP contribution in [0.5, 0.6) is 0 Å². The van der Waals surface area contributed by atoms with Gasteiger partial charge in [-0.25, -0.2) is 4.79 Å². The SMILES string of the molecule is CCCCC(COC(=O)OCC(CCCC)C1CCCCN1)C1CCCCN1.Cl.Cl.O. The first-order chi connectivity index (χ1) is 13.7. The molecule has 4 atom stereocenters. The number of piperidine rings is 2. The first-order valence-electron chi connectivity index (χ1n) is 12.0. The molecule has 2 saturated heterocycles. The molecular weight excluding hydrogens is 439 g/mol. The van der Waals surface area contributed by atoms with E-state index < -0.39 is 6.16 Å². The molecule has 2 rings (SSSR count). The van der Waals surface area contributed by atoms with E-state index in [2.05, 4.69) is 24.5 Å². The zero-order valence-electron chi connectivity index (χ0n) is 19.7. The van der Waals surface area contributed by atoms with Crippen LogP contribution in [0, 0.1) is 11.8 Å².